The van der Waals surface area contributed by atoms with Crippen LogP contribution in [0.15, 0.2) is 72.9 Å². The monoisotopic (exact) mass is 1120 g/mol. The van der Waals surface area contributed by atoms with Gasteiger partial charge in [-0.1, -0.05) is 306 Å². The average Bonchev–Trinajstić information content (AvgIpc) is 3.46. The maximum absolute atomic E-state index is 13.0. The first-order valence-electron chi connectivity index (χ1n) is 34.9. The summed E-state index contributed by atoms with van der Waals surface area (Å²) in [5, 5.41) is 0. The highest BCUT2D eigenvalue weighted by Crippen LogP contribution is 2.17. The van der Waals surface area contributed by atoms with Gasteiger partial charge in [-0.05, 0) is 109 Å². The normalized spacial score (nSPS) is 12.5. The maximum atomic E-state index is 13.0. The summed E-state index contributed by atoms with van der Waals surface area (Å²) >= 11 is 0. The Morgan fingerprint density at radius 3 is 0.750 bits per heavy atom. The van der Waals surface area contributed by atoms with Crippen molar-refractivity contribution in [3.63, 3.8) is 0 Å². The number of unbranched alkanes of at least 4 members (excludes halogenated alkanes) is 41. The zero-order valence-electron chi connectivity index (χ0n) is 53.3. The van der Waals surface area contributed by atoms with E-state index in [0.717, 1.165) is 89.9 Å². The number of esters is 3. The Hall–Kier alpha value is -3.15. The first-order chi connectivity index (χ1) is 39.5. The molecule has 0 aromatic heterocycles. The molecule has 0 aliphatic carbocycles. The number of hydrogen-bond acceptors (Lipinski definition) is 6. The fourth-order valence-corrected chi connectivity index (χ4v) is 10.1. The predicted octanol–water partition coefficient (Wildman–Crippen LogP) is 24.1. The molecule has 1 atom stereocenters. The van der Waals surface area contributed by atoms with Gasteiger partial charge in [-0.25, -0.2) is 0 Å². The lowest BCUT2D eigenvalue weighted by atomic mass is 10.0. The number of hydrogen-bond donors (Lipinski definition) is 0. The van der Waals surface area contributed by atoms with Crippen molar-refractivity contribution >= 4 is 17.9 Å². The van der Waals surface area contributed by atoms with E-state index >= 15 is 0 Å². The third-order valence-corrected chi connectivity index (χ3v) is 15.4. The van der Waals surface area contributed by atoms with Crippen LogP contribution in [0.4, 0.5) is 0 Å². The summed E-state index contributed by atoms with van der Waals surface area (Å²) < 4.78 is 17.0. The molecule has 0 aliphatic heterocycles. The van der Waals surface area contributed by atoms with E-state index in [-0.39, 0.29) is 31.1 Å². The van der Waals surface area contributed by atoms with Crippen molar-refractivity contribution in [2.75, 3.05) is 13.2 Å². The molecule has 0 N–H and O–H groups in total. The number of carbonyl (C=O) groups excluding carboxylic acids is 3. The Morgan fingerprint density at radius 2 is 0.463 bits per heavy atom. The van der Waals surface area contributed by atoms with Gasteiger partial charge in [-0.15, -0.1) is 0 Å². The zero-order chi connectivity index (χ0) is 57.8. The molecule has 0 rings (SSSR count). The summed E-state index contributed by atoms with van der Waals surface area (Å²) in [5.74, 6) is -0.881. The van der Waals surface area contributed by atoms with Gasteiger partial charge in [0, 0.05) is 19.3 Å². The van der Waals surface area contributed by atoms with Crippen LogP contribution in [0.2, 0.25) is 0 Å². The van der Waals surface area contributed by atoms with Crippen LogP contribution in [0.3, 0.4) is 0 Å². The van der Waals surface area contributed by atoms with Gasteiger partial charge in [0.05, 0.1) is 0 Å². The molecule has 0 saturated carbocycles. The number of carbonyl (C=O) groups is 3. The van der Waals surface area contributed by atoms with Crippen LogP contribution < -0.4 is 0 Å². The Morgan fingerprint density at radius 1 is 0.250 bits per heavy atom. The van der Waals surface area contributed by atoms with Crippen LogP contribution in [-0.2, 0) is 28.6 Å². The topological polar surface area (TPSA) is 78.9 Å². The van der Waals surface area contributed by atoms with E-state index in [2.05, 4.69) is 93.7 Å². The standard InChI is InChI=1S/C74H132O6/c1-4-7-10-13-16-19-22-25-28-30-32-34-36-37-39-40-42-44-46-49-52-55-58-61-64-67-73(76)79-70-71(69-78-72(75)66-63-60-57-54-51-48-27-24-21-18-15-12-9-6-3)80-74(77)68-65-62-59-56-53-50-47-45-43-41-38-35-33-31-29-26-23-20-17-14-11-8-5-2/h15,18,22,24-25,27,30-33,36-37,71H,4-14,16-17,19-21,23,26,28-29,34-35,38-70H2,1-3H3/b18-15-,25-22-,27-24-,32-30-,33-31-,37-36-. The van der Waals surface area contributed by atoms with Crippen LogP contribution in [0.5, 0.6) is 0 Å². The first-order valence-corrected chi connectivity index (χ1v) is 34.9. The molecule has 1 unspecified atom stereocenters. The maximum Gasteiger partial charge on any atom is 0.306 e. The predicted molar refractivity (Wildman–Crippen MR) is 348 cm³/mol. The Balaban J connectivity index is 4.31. The highest BCUT2D eigenvalue weighted by molar-refractivity contribution is 5.71. The van der Waals surface area contributed by atoms with Crippen LogP contribution in [0.1, 0.15) is 361 Å². The summed E-state index contributed by atoms with van der Waals surface area (Å²) in [6.45, 7) is 6.62. The molecule has 0 aliphatic rings. The second-order valence-electron chi connectivity index (χ2n) is 23.4. The second-order valence-corrected chi connectivity index (χ2v) is 23.4. The van der Waals surface area contributed by atoms with Crippen molar-refractivity contribution < 1.29 is 28.6 Å². The molecule has 0 fully saturated rings. The largest absolute Gasteiger partial charge is 0.462 e. The summed E-state index contributed by atoms with van der Waals surface area (Å²) in [6, 6.07) is 0. The van der Waals surface area contributed by atoms with Crippen molar-refractivity contribution in [1.82, 2.24) is 0 Å². The molecule has 0 aromatic rings. The van der Waals surface area contributed by atoms with Crippen LogP contribution in [0, 0.1) is 0 Å². The van der Waals surface area contributed by atoms with E-state index in [9.17, 15) is 14.4 Å². The summed E-state index contributed by atoms with van der Waals surface area (Å²) in [4.78, 5) is 38.4. The van der Waals surface area contributed by atoms with E-state index in [0.29, 0.717) is 19.3 Å². The van der Waals surface area contributed by atoms with Crippen molar-refractivity contribution in [2.24, 2.45) is 0 Å². The lowest BCUT2D eigenvalue weighted by molar-refractivity contribution is -0.167. The van der Waals surface area contributed by atoms with Crippen LogP contribution in [-0.4, -0.2) is 37.2 Å². The molecule has 464 valence electrons. The zero-order valence-corrected chi connectivity index (χ0v) is 53.3. The molecule has 6 nitrogen and oxygen atoms in total. The smallest absolute Gasteiger partial charge is 0.306 e. The SMILES string of the molecule is CCCC/C=C\C/C=C\CCCCCCCC(=O)OCC(COC(=O)CCCCCCCCCCCC/C=C\C/C=C\C/C=C\CCCCCCC)OC(=O)CCCCCCCCCCCCC/C=C\CCCCCCCCCC. The quantitative estimate of drug-likeness (QED) is 0.0261. The molecule has 0 spiro atoms. The third-order valence-electron chi connectivity index (χ3n) is 15.4. The summed E-state index contributed by atoms with van der Waals surface area (Å²) in [7, 11) is 0. The van der Waals surface area contributed by atoms with Crippen LogP contribution >= 0.6 is 0 Å². The lowest BCUT2D eigenvalue weighted by Gasteiger charge is -2.18. The van der Waals surface area contributed by atoms with Gasteiger partial charge in [0.15, 0.2) is 6.10 Å². The van der Waals surface area contributed by atoms with Gasteiger partial charge < -0.3 is 14.2 Å². The molecular formula is C74H132O6. The van der Waals surface area contributed by atoms with Gasteiger partial charge in [0.2, 0.25) is 0 Å². The lowest BCUT2D eigenvalue weighted by Crippen LogP contribution is -2.30. The van der Waals surface area contributed by atoms with E-state index in [1.807, 2.05) is 0 Å². The van der Waals surface area contributed by atoms with Crippen molar-refractivity contribution in [2.45, 2.75) is 367 Å². The molecule has 0 radical (unpaired) electrons. The van der Waals surface area contributed by atoms with Crippen molar-refractivity contribution in [3.05, 3.63) is 72.9 Å². The molecule has 80 heavy (non-hydrogen) atoms. The second kappa shape index (κ2) is 68.3. The van der Waals surface area contributed by atoms with Crippen LogP contribution in [0.25, 0.3) is 0 Å². The molecule has 0 amide bonds. The minimum Gasteiger partial charge on any atom is -0.462 e. The third kappa shape index (κ3) is 65.7. The molecule has 6 heteroatoms. The number of ether oxygens (including phenoxy) is 3. The minimum absolute atomic E-state index is 0.0804. The Labute approximate surface area is 497 Å². The highest BCUT2D eigenvalue weighted by atomic mass is 16.6. The Bertz CT molecular complexity index is 1470. The highest BCUT2D eigenvalue weighted by Gasteiger charge is 2.19. The average molecular weight is 1120 g/mol. The number of rotatable bonds is 64. The fraction of sp³-hybridized carbons (Fsp3) is 0.797. The molecule has 0 bridgehead atoms. The van der Waals surface area contributed by atoms with Gasteiger partial charge in [0.25, 0.3) is 0 Å². The van der Waals surface area contributed by atoms with E-state index < -0.39 is 6.10 Å². The number of allylic oxidation sites excluding steroid dienone is 12. The molecule has 0 heterocycles. The fourth-order valence-electron chi connectivity index (χ4n) is 10.1. The van der Waals surface area contributed by atoms with Crippen molar-refractivity contribution in [3.8, 4) is 0 Å². The molecule has 0 saturated heterocycles. The van der Waals surface area contributed by atoms with Gasteiger partial charge in [-0.2, -0.15) is 0 Å². The van der Waals surface area contributed by atoms with Gasteiger partial charge in [-0.3, -0.25) is 14.4 Å². The first kappa shape index (κ1) is 76.9. The van der Waals surface area contributed by atoms with E-state index in [4.69, 9.17) is 14.2 Å². The summed E-state index contributed by atoms with van der Waals surface area (Å²) in [6.07, 6.45) is 89.2. The summed E-state index contributed by atoms with van der Waals surface area (Å²) in [5.41, 5.74) is 0. The van der Waals surface area contributed by atoms with Gasteiger partial charge in [0.1, 0.15) is 13.2 Å². The Kier molecular flexibility index (Phi) is 65.7. The van der Waals surface area contributed by atoms with Gasteiger partial charge >= 0.3 is 17.9 Å². The van der Waals surface area contributed by atoms with Crippen molar-refractivity contribution in [1.29, 1.82) is 0 Å². The minimum atomic E-state index is -0.785. The molecular weight excluding hydrogens is 985 g/mol. The van der Waals surface area contributed by atoms with E-state index in [1.54, 1.807) is 0 Å². The van der Waals surface area contributed by atoms with E-state index in [1.165, 1.54) is 231 Å². The molecule has 0 aromatic carbocycles.